The molecule has 45 heavy (non-hydrogen) atoms. The molecule has 3 heterocycles. The van der Waals surface area contributed by atoms with E-state index in [0.717, 1.165) is 60.2 Å². The van der Waals surface area contributed by atoms with Crippen LogP contribution < -0.4 is 13.9 Å². The van der Waals surface area contributed by atoms with Crippen molar-refractivity contribution in [2.24, 2.45) is 14.1 Å². The molecule has 0 bridgehead atoms. The zero-order valence-corrected chi connectivity index (χ0v) is 30.0. The number of nitrogens with zero attached hydrogens (tertiary/aromatic N) is 2. The molecule has 0 saturated heterocycles. The number of rotatable bonds is 5. The predicted octanol–water partition coefficient (Wildman–Crippen LogP) is 8.11. The van der Waals surface area contributed by atoms with Crippen LogP contribution in [-0.4, -0.2) is 12.4 Å². The van der Waals surface area contributed by atoms with E-state index in [4.69, 9.17) is 4.74 Å². The zero-order chi connectivity index (χ0) is 30.8. The maximum atomic E-state index is 12.8. The number of thiophene rings is 1. The van der Waals surface area contributed by atoms with Gasteiger partial charge in [-0.05, 0) is 102 Å². The summed E-state index contributed by atoms with van der Waals surface area (Å²) in [7, 11) is 4.20. The first kappa shape index (κ1) is 33.0. The van der Waals surface area contributed by atoms with Gasteiger partial charge >= 0.3 is 0 Å². The molecule has 0 atom stereocenters. The Balaban J connectivity index is 0.000000174. The summed E-state index contributed by atoms with van der Waals surface area (Å²) in [6, 6.07) is 19.5. The number of benzene rings is 2. The molecule has 0 N–H and O–H groups in total. The monoisotopic (exact) mass is 797 g/mol. The number of ether oxygens (including phenoxy) is 1. The van der Waals surface area contributed by atoms with Crippen molar-refractivity contribution < 1.29 is 39.7 Å². The normalized spacial score (nSPS) is 12.8. The number of aromatic nitrogens is 2. The van der Waals surface area contributed by atoms with Gasteiger partial charge < -0.3 is 4.74 Å². The molecule has 0 amide bonds. The molecule has 0 radical (unpaired) electrons. The second kappa shape index (κ2) is 14.4. The largest absolute Gasteiger partial charge is 0.493 e. The van der Waals surface area contributed by atoms with E-state index in [0.29, 0.717) is 13.0 Å². The molecule has 2 aliphatic carbocycles. The SMILES string of the molecule is CCCCOc1ccc(C)c2c1C(=O)CCc1ccc[n+](C)c1-2.Cc1cc(-c2ccsc2)cc2c1-c1c(ccc[n+]1C)CC2.[Pt]. The first-order chi connectivity index (χ1) is 21.4. The Morgan fingerprint density at radius 2 is 1.42 bits per heavy atom. The molecule has 0 fully saturated rings. The Bertz CT molecular complexity index is 1850. The van der Waals surface area contributed by atoms with E-state index in [1.807, 2.05) is 25.4 Å². The average Bonchev–Trinajstić information content (AvgIpc) is 3.51. The van der Waals surface area contributed by atoms with E-state index in [9.17, 15) is 4.79 Å². The minimum absolute atomic E-state index is 0. The number of hydrogen-bond acceptors (Lipinski definition) is 3. The molecule has 2 aliphatic rings. The van der Waals surface area contributed by atoms with Crippen molar-refractivity contribution >= 4 is 17.1 Å². The van der Waals surface area contributed by atoms with Crippen molar-refractivity contribution in [2.75, 3.05) is 6.61 Å². The van der Waals surface area contributed by atoms with Crippen LogP contribution in [0.2, 0.25) is 0 Å². The molecule has 7 rings (SSSR count). The van der Waals surface area contributed by atoms with Crippen LogP contribution in [0.15, 0.2) is 77.8 Å². The van der Waals surface area contributed by atoms with Crippen LogP contribution in [0.1, 0.15) is 64.4 Å². The maximum absolute atomic E-state index is 12.8. The average molecular weight is 798 g/mol. The third-order valence-electron chi connectivity index (χ3n) is 8.97. The molecule has 0 unspecified atom stereocenters. The van der Waals surface area contributed by atoms with Crippen LogP contribution in [0, 0.1) is 13.8 Å². The van der Waals surface area contributed by atoms with Gasteiger partial charge in [-0.15, -0.1) is 0 Å². The summed E-state index contributed by atoms with van der Waals surface area (Å²) in [4.78, 5) is 12.8. The van der Waals surface area contributed by atoms with Gasteiger partial charge in [0.25, 0.3) is 0 Å². The van der Waals surface area contributed by atoms with Crippen LogP contribution in [0.3, 0.4) is 0 Å². The third kappa shape index (κ3) is 6.62. The molecular weight excluding hydrogens is 756 g/mol. The van der Waals surface area contributed by atoms with Crippen molar-refractivity contribution in [3.8, 4) is 39.4 Å². The van der Waals surface area contributed by atoms with Crippen LogP contribution in [0.4, 0.5) is 0 Å². The molecule has 2 aromatic carbocycles. The Kier molecular flexibility index (Phi) is 10.5. The molecule has 4 nitrogen and oxygen atoms in total. The second-order valence-electron chi connectivity index (χ2n) is 12.1. The van der Waals surface area contributed by atoms with Gasteiger partial charge in [-0.1, -0.05) is 31.5 Å². The van der Waals surface area contributed by atoms with E-state index in [1.165, 1.54) is 44.6 Å². The minimum Gasteiger partial charge on any atom is -0.493 e. The Labute approximate surface area is 286 Å². The molecule has 5 aromatic rings. The Morgan fingerprint density at radius 3 is 2.09 bits per heavy atom. The second-order valence-corrected chi connectivity index (χ2v) is 12.9. The van der Waals surface area contributed by atoms with Gasteiger partial charge in [-0.3, -0.25) is 4.79 Å². The van der Waals surface area contributed by atoms with Gasteiger partial charge in [-0.25, -0.2) is 9.13 Å². The van der Waals surface area contributed by atoms with Gasteiger partial charge in [0.15, 0.2) is 18.2 Å². The van der Waals surface area contributed by atoms with Gasteiger partial charge in [0.1, 0.15) is 19.8 Å². The summed E-state index contributed by atoms with van der Waals surface area (Å²) in [6.07, 6.45) is 9.89. The summed E-state index contributed by atoms with van der Waals surface area (Å²) in [5.41, 5.74) is 15.2. The van der Waals surface area contributed by atoms with E-state index in [-0.39, 0.29) is 26.8 Å². The standard InChI is InChI=1S/C20H24NO2.C19H18NS.Pt/c1-4-5-13-23-17-11-8-14(2)18-19(17)16(22)10-9-15-7-6-12-21(3)20(15)18;1-13-10-17(16-7-9-21-12-16)11-15-6-5-14-4-3-8-20(2)19(14)18(13)15;/h6-8,11-12H,4-5,9-10,13H2,1-3H3;3-4,7-12H,5-6H2,1-2H3;/q2*+1;. The van der Waals surface area contributed by atoms with Crippen molar-refractivity contribution in [1.29, 1.82) is 0 Å². The van der Waals surface area contributed by atoms with Crippen molar-refractivity contribution in [2.45, 2.75) is 59.3 Å². The first-order valence-corrected chi connectivity index (χ1v) is 16.7. The predicted molar refractivity (Wildman–Crippen MR) is 179 cm³/mol. The van der Waals surface area contributed by atoms with Gasteiger partial charge in [0.2, 0.25) is 11.4 Å². The van der Waals surface area contributed by atoms with Gasteiger partial charge in [0.05, 0.1) is 23.3 Å². The maximum Gasteiger partial charge on any atom is 0.216 e. The van der Waals surface area contributed by atoms with E-state index in [2.05, 4.69) is 96.4 Å². The molecular formula is C39H42N2O2PtS+2. The molecule has 3 aromatic heterocycles. The number of pyridine rings is 2. The fraction of sp³-hybridized carbons (Fsp3) is 0.308. The molecule has 0 spiro atoms. The fourth-order valence-corrected chi connectivity index (χ4v) is 7.43. The summed E-state index contributed by atoms with van der Waals surface area (Å²) < 4.78 is 10.3. The quantitative estimate of drug-likeness (QED) is 0.133. The number of carbonyl (C=O) groups is 1. The number of hydrogen-bond donors (Lipinski definition) is 0. The number of fused-ring (bicyclic) bond motifs is 6. The first-order valence-electron chi connectivity index (χ1n) is 15.8. The summed E-state index contributed by atoms with van der Waals surface area (Å²) in [5, 5.41) is 4.39. The Hall–Kier alpha value is -3.40. The zero-order valence-electron chi connectivity index (χ0n) is 26.9. The van der Waals surface area contributed by atoms with Crippen molar-refractivity contribution in [3.63, 3.8) is 0 Å². The summed E-state index contributed by atoms with van der Waals surface area (Å²) in [6.45, 7) is 7.12. The Morgan fingerprint density at radius 1 is 0.756 bits per heavy atom. The smallest absolute Gasteiger partial charge is 0.216 e. The van der Waals surface area contributed by atoms with Crippen LogP contribution in [0.5, 0.6) is 5.75 Å². The topological polar surface area (TPSA) is 34.1 Å². The molecule has 0 aliphatic heterocycles. The molecule has 6 heteroatoms. The number of unbranched alkanes of at least 4 members (excludes halogenated alkanes) is 1. The van der Waals surface area contributed by atoms with Crippen LogP contribution >= 0.6 is 11.3 Å². The number of aryl methyl sites for hydroxylation is 7. The van der Waals surface area contributed by atoms with Crippen molar-refractivity contribution in [1.82, 2.24) is 0 Å². The van der Waals surface area contributed by atoms with Crippen LogP contribution in [-0.2, 0) is 54.4 Å². The van der Waals surface area contributed by atoms with Gasteiger partial charge in [-0.2, -0.15) is 11.3 Å². The van der Waals surface area contributed by atoms with E-state index < -0.39 is 0 Å². The third-order valence-corrected chi connectivity index (χ3v) is 9.65. The van der Waals surface area contributed by atoms with E-state index >= 15 is 0 Å². The molecule has 0 saturated carbocycles. The van der Waals surface area contributed by atoms with Crippen LogP contribution in [0.25, 0.3) is 33.6 Å². The summed E-state index contributed by atoms with van der Waals surface area (Å²) >= 11 is 1.76. The molecule has 234 valence electrons. The number of ketones is 1. The number of Topliss-reactive ketones (excluding diaryl/α,β-unsaturated/α-hetero) is 1. The minimum atomic E-state index is 0. The summed E-state index contributed by atoms with van der Waals surface area (Å²) in [5.74, 6) is 0.923. The number of carbonyl (C=O) groups excluding carboxylic acids is 1. The van der Waals surface area contributed by atoms with Gasteiger partial charge in [0, 0.05) is 50.7 Å². The van der Waals surface area contributed by atoms with Crippen molar-refractivity contribution in [3.05, 3.63) is 111 Å². The fourth-order valence-electron chi connectivity index (χ4n) is 6.76. The van der Waals surface area contributed by atoms with E-state index in [1.54, 1.807) is 11.3 Å².